The van der Waals surface area contributed by atoms with Gasteiger partial charge in [0, 0.05) is 36.3 Å². The standard InChI is InChI=1S/C18H23N3O3S2/c1-3-17(21-7-9-24-10-8-21)26(22,23)16-5-4-14(13(2)19)12-15(16)18-20-6-11-25-18/h3-6,11-13,17H,1,7-10,19H2,2H3. The van der Waals surface area contributed by atoms with Gasteiger partial charge in [0.15, 0.2) is 9.84 Å². The first-order valence-corrected chi connectivity index (χ1v) is 10.9. The fourth-order valence-electron chi connectivity index (χ4n) is 3.04. The van der Waals surface area contributed by atoms with Gasteiger partial charge in [-0.25, -0.2) is 13.4 Å². The van der Waals surface area contributed by atoms with E-state index in [0.29, 0.717) is 36.9 Å². The largest absolute Gasteiger partial charge is 0.379 e. The first-order valence-electron chi connectivity index (χ1n) is 8.43. The van der Waals surface area contributed by atoms with E-state index < -0.39 is 15.2 Å². The van der Waals surface area contributed by atoms with Gasteiger partial charge in [-0.15, -0.1) is 17.9 Å². The minimum Gasteiger partial charge on any atom is -0.379 e. The Morgan fingerprint density at radius 3 is 2.69 bits per heavy atom. The third kappa shape index (κ3) is 3.74. The minimum absolute atomic E-state index is 0.195. The Bertz CT molecular complexity index is 858. The topological polar surface area (TPSA) is 85.5 Å². The number of benzene rings is 1. The van der Waals surface area contributed by atoms with E-state index >= 15 is 0 Å². The van der Waals surface area contributed by atoms with E-state index in [9.17, 15) is 8.42 Å². The van der Waals surface area contributed by atoms with Crippen molar-refractivity contribution < 1.29 is 13.2 Å². The number of nitrogens with zero attached hydrogens (tertiary/aromatic N) is 2. The molecule has 6 nitrogen and oxygen atoms in total. The van der Waals surface area contributed by atoms with Gasteiger partial charge >= 0.3 is 0 Å². The molecule has 0 amide bonds. The lowest BCUT2D eigenvalue weighted by Crippen LogP contribution is -2.46. The van der Waals surface area contributed by atoms with Crippen molar-refractivity contribution >= 4 is 21.2 Å². The molecule has 0 spiro atoms. The molecule has 2 unspecified atom stereocenters. The quantitative estimate of drug-likeness (QED) is 0.759. The van der Waals surface area contributed by atoms with Crippen LogP contribution in [0.3, 0.4) is 0 Å². The van der Waals surface area contributed by atoms with Crippen LogP contribution in [0.15, 0.2) is 47.3 Å². The molecule has 0 aliphatic carbocycles. The average Bonchev–Trinajstić information content (AvgIpc) is 3.17. The number of rotatable bonds is 6. The highest BCUT2D eigenvalue weighted by Gasteiger charge is 2.34. The zero-order valence-corrected chi connectivity index (χ0v) is 16.3. The van der Waals surface area contributed by atoms with Crippen molar-refractivity contribution in [2.45, 2.75) is 23.2 Å². The highest BCUT2D eigenvalue weighted by Crippen LogP contribution is 2.34. The molecule has 3 rings (SSSR count). The maximum absolute atomic E-state index is 13.5. The second-order valence-electron chi connectivity index (χ2n) is 6.20. The van der Waals surface area contributed by atoms with E-state index in [1.54, 1.807) is 18.3 Å². The maximum atomic E-state index is 13.5. The number of ether oxygens (including phenoxy) is 1. The maximum Gasteiger partial charge on any atom is 0.198 e. The highest BCUT2D eigenvalue weighted by molar-refractivity contribution is 7.92. The molecular weight excluding hydrogens is 370 g/mol. The molecular formula is C18H23N3O3S2. The lowest BCUT2D eigenvalue weighted by atomic mass is 10.1. The second-order valence-corrected chi connectivity index (χ2v) is 9.11. The zero-order valence-electron chi connectivity index (χ0n) is 14.7. The molecule has 0 radical (unpaired) electrons. The van der Waals surface area contributed by atoms with Crippen LogP contribution in [0.5, 0.6) is 0 Å². The summed E-state index contributed by atoms with van der Waals surface area (Å²) in [4.78, 5) is 6.46. The third-order valence-electron chi connectivity index (χ3n) is 4.42. The molecule has 1 saturated heterocycles. The van der Waals surface area contributed by atoms with Crippen molar-refractivity contribution in [3.63, 3.8) is 0 Å². The van der Waals surface area contributed by atoms with Crippen molar-refractivity contribution in [3.8, 4) is 10.6 Å². The summed E-state index contributed by atoms with van der Waals surface area (Å²) in [5.74, 6) is 0. The molecule has 1 fully saturated rings. The third-order valence-corrected chi connectivity index (χ3v) is 7.33. The van der Waals surface area contributed by atoms with Crippen LogP contribution < -0.4 is 5.73 Å². The molecule has 2 atom stereocenters. The molecule has 0 saturated carbocycles. The van der Waals surface area contributed by atoms with Gasteiger partial charge in [-0.05, 0) is 24.6 Å². The van der Waals surface area contributed by atoms with Crippen LogP contribution in [-0.2, 0) is 14.6 Å². The van der Waals surface area contributed by atoms with Crippen LogP contribution in [-0.4, -0.2) is 50.0 Å². The molecule has 0 bridgehead atoms. The molecule has 2 heterocycles. The summed E-state index contributed by atoms with van der Waals surface area (Å²) in [7, 11) is -3.67. The van der Waals surface area contributed by atoms with Crippen LogP contribution in [0, 0.1) is 0 Å². The van der Waals surface area contributed by atoms with Crippen LogP contribution in [0.1, 0.15) is 18.5 Å². The number of hydrogen-bond donors (Lipinski definition) is 1. The second kappa shape index (κ2) is 7.98. The van der Waals surface area contributed by atoms with Gasteiger partial charge in [0.05, 0.1) is 18.1 Å². The monoisotopic (exact) mass is 393 g/mol. The van der Waals surface area contributed by atoms with Crippen LogP contribution in [0.2, 0.25) is 0 Å². The Morgan fingerprint density at radius 2 is 2.12 bits per heavy atom. The van der Waals surface area contributed by atoms with E-state index in [2.05, 4.69) is 11.6 Å². The van der Waals surface area contributed by atoms with Crippen LogP contribution >= 0.6 is 11.3 Å². The number of thiazole rings is 1. The fourth-order valence-corrected chi connectivity index (χ4v) is 5.61. The van der Waals surface area contributed by atoms with Crippen LogP contribution in [0.25, 0.3) is 10.6 Å². The molecule has 1 aromatic carbocycles. The lowest BCUT2D eigenvalue weighted by Gasteiger charge is -2.32. The fraction of sp³-hybridized carbons (Fsp3) is 0.389. The molecule has 8 heteroatoms. The summed E-state index contributed by atoms with van der Waals surface area (Å²) in [6.45, 7) is 7.79. The normalized spacial score (nSPS) is 18.4. The molecule has 1 aliphatic rings. The number of sulfone groups is 1. The van der Waals surface area contributed by atoms with Gasteiger partial charge in [-0.3, -0.25) is 4.90 Å². The summed E-state index contributed by atoms with van der Waals surface area (Å²) in [5, 5.41) is 1.69. The summed E-state index contributed by atoms with van der Waals surface area (Å²) in [5.41, 5.74) is 7.46. The van der Waals surface area contributed by atoms with E-state index in [1.807, 2.05) is 23.3 Å². The van der Waals surface area contributed by atoms with Crippen molar-refractivity contribution in [2.24, 2.45) is 5.73 Å². The number of nitrogens with two attached hydrogens (primary N) is 1. The predicted octanol–water partition coefficient (Wildman–Crippen LogP) is 2.45. The number of morpholine rings is 1. The number of hydrogen-bond acceptors (Lipinski definition) is 7. The first-order chi connectivity index (χ1) is 12.4. The Hall–Kier alpha value is -1.58. The highest BCUT2D eigenvalue weighted by atomic mass is 32.2. The Kier molecular flexibility index (Phi) is 5.89. The molecule has 140 valence electrons. The van der Waals surface area contributed by atoms with E-state index in [-0.39, 0.29) is 10.9 Å². The summed E-state index contributed by atoms with van der Waals surface area (Å²) < 4.78 is 32.2. The van der Waals surface area contributed by atoms with Gasteiger partial charge < -0.3 is 10.5 Å². The average molecular weight is 394 g/mol. The Labute approximate surface area is 158 Å². The predicted molar refractivity (Wildman–Crippen MR) is 104 cm³/mol. The SMILES string of the molecule is C=CC(N1CCOCC1)S(=O)(=O)c1ccc(C(C)N)cc1-c1nccs1. The van der Waals surface area contributed by atoms with Gasteiger partial charge in [-0.2, -0.15) is 0 Å². The molecule has 2 N–H and O–H groups in total. The molecule has 1 aromatic heterocycles. The van der Waals surface area contributed by atoms with Crippen molar-refractivity contribution in [3.05, 3.63) is 48.0 Å². The summed E-state index contributed by atoms with van der Waals surface area (Å²) in [6, 6.07) is 5.05. The summed E-state index contributed by atoms with van der Waals surface area (Å²) >= 11 is 1.41. The zero-order chi connectivity index (χ0) is 18.7. The van der Waals surface area contributed by atoms with Gasteiger partial charge in [0.2, 0.25) is 0 Å². The minimum atomic E-state index is -3.67. The number of aromatic nitrogens is 1. The van der Waals surface area contributed by atoms with E-state index in [4.69, 9.17) is 10.5 Å². The Morgan fingerprint density at radius 1 is 1.38 bits per heavy atom. The van der Waals surface area contributed by atoms with E-state index in [0.717, 1.165) is 5.56 Å². The lowest BCUT2D eigenvalue weighted by molar-refractivity contribution is 0.0374. The van der Waals surface area contributed by atoms with E-state index in [1.165, 1.54) is 17.4 Å². The Balaban J connectivity index is 2.10. The van der Waals surface area contributed by atoms with Crippen molar-refractivity contribution in [2.75, 3.05) is 26.3 Å². The molecule has 26 heavy (non-hydrogen) atoms. The summed E-state index contributed by atoms with van der Waals surface area (Å²) in [6.07, 6.45) is 3.16. The van der Waals surface area contributed by atoms with Gasteiger partial charge in [-0.1, -0.05) is 12.1 Å². The van der Waals surface area contributed by atoms with Crippen molar-refractivity contribution in [1.82, 2.24) is 9.88 Å². The van der Waals surface area contributed by atoms with Gasteiger partial charge in [0.1, 0.15) is 10.4 Å². The van der Waals surface area contributed by atoms with Crippen molar-refractivity contribution in [1.29, 1.82) is 0 Å². The van der Waals surface area contributed by atoms with Gasteiger partial charge in [0.25, 0.3) is 0 Å². The smallest absolute Gasteiger partial charge is 0.198 e. The van der Waals surface area contributed by atoms with Crippen LogP contribution in [0.4, 0.5) is 0 Å². The first kappa shape index (κ1) is 19.2. The molecule has 1 aliphatic heterocycles. The molecule has 2 aromatic rings.